The molecule has 0 saturated heterocycles. The molecule has 0 heterocycles. The second kappa shape index (κ2) is 6.65. The topological polar surface area (TPSA) is 41.6 Å². The van der Waals surface area contributed by atoms with Crippen molar-refractivity contribution < 1.29 is 0 Å². The maximum atomic E-state index is 6.14. The highest BCUT2D eigenvalue weighted by atomic mass is 15.3. The Bertz CT molecular complexity index is 578. The van der Waals surface area contributed by atoms with Crippen molar-refractivity contribution in [2.45, 2.75) is 24.8 Å². The van der Waals surface area contributed by atoms with E-state index in [0.717, 1.165) is 0 Å². The third-order valence-electron chi connectivity index (χ3n) is 4.30. The van der Waals surface area contributed by atoms with Gasteiger partial charge in [-0.05, 0) is 24.0 Å². The van der Waals surface area contributed by atoms with E-state index in [1.165, 1.54) is 24.0 Å². The van der Waals surface area contributed by atoms with Gasteiger partial charge in [0.15, 0.2) is 5.96 Å². The molecule has 3 heteroatoms. The average Bonchev–Trinajstić information content (AvgIpc) is 3.41. The number of aliphatic imine (C=N–C) groups is 1. The van der Waals surface area contributed by atoms with Gasteiger partial charge in [0, 0.05) is 19.0 Å². The minimum Gasteiger partial charge on any atom is -0.370 e. The summed E-state index contributed by atoms with van der Waals surface area (Å²) in [6.07, 6.45) is 2.46. The molecule has 1 saturated carbocycles. The Kier molecular flexibility index (Phi) is 4.42. The number of hydrogen-bond donors (Lipinski definition) is 1. The van der Waals surface area contributed by atoms with E-state index in [1.54, 1.807) is 0 Å². The molecule has 114 valence electrons. The number of nitrogens with two attached hydrogens (primary N) is 1. The van der Waals surface area contributed by atoms with Crippen molar-refractivity contribution in [2.75, 3.05) is 13.6 Å². The van der Waals surface area contributed by atoms with Crippen LogP contribution in [0.1, 0.15) is 29.9 Å². The molecule has 1 aliphatic rings. The summed E-state index contributed by atoms with van der Waals surface area (Å²) in [6.45, 7) is 0.678. The maximum absolute atomic E-state index is 6.14. The van der Waals surface area contributed by atoms with Gasteiger partial charge < -0.3 is 10.6 Å². The van der Waals surface area contributed by atoms with Crippen molar-refractivity contribution in [3.63, 3.8) is 0 Å². The van der Waals surface area contributed by atoms with Crippen LogP contribution in [0.25, 0.3) is 0 Å². The zero-order valence-corrected chi connectivity index (χ0v) is 13.0. The van der Waals surface area contributed by atoms with Crippen LogP contribution in [0.3, 0.4) is 0 Å². The predicted octanol–water partition coefficient (Wildman–Crippen LogP) is 3.23. The molecule has 0 amide bonds. The Morgan fingerprint density at radius 1 is 1.05 bits per heavy atom. The summed E-state index contributed by atoms with van der Waals surface area (Å²) in [6, 6.07) is 21.6. The van der Waals surface area contributed by atoms with Crippen LogP contribution in [0.5, 0.6) is 0 Å². The summed E-state index contributed by atoms with van der Waals surface area (Å²) in [5.41, 5.74) is 8.69. The minimum absolute atomic E-state index is 0.244. The molecule has 3 rings (SSSR count). The van der Waals surface area contributed by atoms with Crippen molar-refractivity contribution in [1.82, 2.24) is 4.90 Å². The standard InChI is InChI=1S/C19H23N3/c1-22(17-12-13-17)19(20)21-14-18(15-8-4-2-5-9-15)16-10-6-3-7-11-16/h2-11,17-18H,12-14H2,1H3,(H2,20,21). The SMILES string of the molecule is CN(C(N)=NCC(c1ccccc1)c1ccccc1)C1CC1. The molecule has 1 fully saturated rings. The van der Waals surface area contributed by atoms with Gasteiger partial charge in [0.2, 0.25) is 0 Å². The lowest BCUT2D eigenvalue weighted by molar-refractivity contribution is 0.487. The average molecular weight is 293 g/mol. The first-order valence-corrected chi connectivity index (χ1v) is 7.88. The lowest BCUT2D eigenvalue weighted by Gasteiger charge is -2.20. The molecule has 22 heavy (non-hydrogen) atoms. The van der Waals surface area contributed by atoms with Crippen molar-refractivity contribution in [3.05, 3.63) is 71.8 Å². The molecule has 0 unspecified atom stereocenters. The number of guanidine groups is 1. The van der Waals surface area contributed by atoms with Crippen molar-refractivity contribution in [1.29, 1.82) is 0 Å². The highest BCUT2D eigenvalue weighted by Gasteiger charge is 2.27. The lowest BCUT2D eigenvalue weighted by Crippen LogP contribution is -2.36. The van der Waals surface area contributed by atoms with Crippen molar-refractivity contribution in [2.24, 2.45) is 10.7 Å². The zero-order chi connectivity index (χ0) is 15.4. The van der Waals surface area contributed by atoms with E-state index in [-0.39, 0.29) is 5.92 Å². The van der Waals surface area contributed by atoms with Gasteiger partial charge in [0.1, 0.15) is 0 Å². The van der Waals surface area contributed by atoms with Crippen molar-refractivity contribution >= 4 is 5.96 Å². The first kappa shape index (κ1) is 14.6. The third kappa shape index (κ3) is 3.48. The van der Waals surface area contributed by atoms with E-state index in [1.807, 2.05) is 19.2 Å². The molecule has 0 atom stereocenters. The van der Waals surface area contributed by atoms with E-state index in [0.29, 0.717) is 18.5 Å². The fourth-order valence-corrected chi connectivity index (χ4v) is 2.72. The summed E-state index contributed by atoms with van der Waals surface area (Å²) >= 11 is 0. The van der Waals surface area contributed by atoms with E-state index >= 15 is 0 Å². The zero-order valence-electron chi connectivity index (χ0n) is 13.0. The van der Waals surface area contributed by atoms with Crippen LogP contribution >= 0.6 is 0 Å². The summed E-state index contributed by atoms with van der Waals surface area (Å²) < 4.78 is 0. The number of rotatable bonds is 5. The Morgan fingerprint density at radius 2 is 1.55 bits per heavy atom. The normalized spacial score (nSPS) is 15.1. The summed E-state index contributed by atoms with van der Waals surface area (Å²) in [5, 5.41) is 0. The Labute approximate surface area is 132 Å². The number of hydrogen-bond acceptors (Lipinski definition) is 1. The van der Waals surface area contributed by atoms with E-state index in [9.17, 15) is 0 Å². The van der Waals surface area contributed by atoms with Gasteiger partial charge in [0.25, 0.3) is 0 Å². The van der Waals surface area contributed by atoms with Crippen LogP contribution in [0.2, 0.25) is 0 Å². The van der Waals surface area contributed by atoms with Crippen LogP contribution in [-0.2, 0) is 0 Å². The molecule has 0 aromatic heterocycles. The molecular formula is C19H23N3. The van der Waals surface area contributed by atoms with Gasteiger partial charge in [-0.15, -0.1) is 0 Å². The Balaban J connectivity index is 1.81. The van der Waals surface area contributed by atoms with Crippen LogP contribution in [0, 0.1) is 0 Å². The highest BCUT2D eigenvalue weighted by molar-refractivity contribution is 5.78. The fraction of sp³-hybridized carbons (Fsp3) is 0.316. The molecule has 3 nitrogen and oxygen atoms in total. The van der Waals surface area contributed by atoms with E-state index < -0.39 is 0 Å². The molecular weight excluding hydrogens is 270 g/mol. The van der Waals surface area contributed by atoms with Gasteiger partial charge in [-0.2, -0.15) is 0 Å². The molecule has 1 aliphatic carbocycles. The second-order valence-corrected chi connectivity index (χ2v) is 5.91. The Morgan fingerprint density at radius 3 is 2.00 bits per heavy atom. The fourth-order valence-electron chi connectivity index (χ4n) is 2.72. The quantitative estimate of drug-likeness (QED) is 0.679. The van der Waals surface area contributed by atoms with Gasteiger partial charge in [-0.25, -0.2) is 0 Å². The van der Waals surface area contributed by atoms with Crippen LogP contribution in [-0.4, -0.2) is 30.5 Å². The predicted molar refractivity (Wildman–Crippen MR) is 92.0 cm³/mol. The molecule has 0 bridgehead atoms. The minimum atomic E-state index is 0.244. The molecule has 2 N–H and O–H groups in total. The summed E-state index contributed by atoms with van der Waals surface area (Å²) in [5.74, 6) is 0.896. The monoisotopic (exact) mass is 293 g/mol. The molecule has 0 radical (unpaired) electrons. The van der Waals surface area contributed by atoms with Crippen molar-refractivity contribution in [3.8, 4) is 0 Å². The smallest absolute Gasteiger partial charge is 0.191 e. The molecule has 0 spiro atoms. The summed E-state index contributed by atoms with van der Waals surface area (Å²) in [4.78, 5) is 6.76. The van der Waals surface area contributed by atoms with E-state index in [2.05, 4.69) is 58.4 Å². The Hall–Kier alpha value is -2.29. The largest absolute Gasteiger partial charge is 0.370 e. The number of benzene rings is 2. The molecule has 2 aromatic rings. The lowest BCUT2D eigenvalue weighted by atomic mass is 9.91. The molecule has 2 aromatic carbocycles. The van der Waals surface area contributed by atoms with Gasteiger partial charge in [-0.1, -0.05) is 60.7 Å². The summed E-state index contributed by atoms with van der Waals surface area (Å²) in [7, 11) is 2.04. The third-order valence-corrected chi connectivity index (χ3v) is 4.30. The van der Waals surface area contributed by atoms with Gasteiger partial charge in [-0.3, -0.25) is 4.99 Å². The molecule has 0 aliphatic heterocycles. The van der Waals surface area contributed by atoms with Crippen LogP contribution in [0.15, 0.2) is 65.7 Å². The maximum Gasteiger partial charge on any atom is 0.191 e. The van der Waals surface area contributed by atoms with Gasteiger partial charge >= 0.3 is 0 Å². The first-order valence-electron chi connectivity index (χ1n) is 7.88. The highest BCUT2D eigenvalue weighted by Crippen LogP contribution is 2.26. The second-order valence-electron chi connectivity index (χ2n) is 5.91. The van der Waals surface area contributed by atoms with E-state index in [4.69, 9.17) is 5.73 Å². The van der Waals surface area contributed by atoms with Crippen LogP contribution < -0.4 is 5.73 Å². The first-order chi connectivity index (χ1) is 10.8. The number of nitrogens with zero attached hydrogens (tertiary/aromatic N) is 2. The van der Waals surface area contributed by atoms with Crippen LogP contribution in [0.4, 0.5) is 0 Å². The van der Waals surface area contributed by atoms with Gasteiger partial charge in [0.05, 0.1) is 6.54 Å².